The van der Waals surface area contributed by atoms with Crippen LogP contribution >= 0.6 is 0 Å². The highest BCUT2D eigenvalue weighted by Gasteiger charge is 2.37. The zero-order valence-electron chi connectivity index (χ0n) is 26.1. The molecule has 0 nitrogen and oxygen atoms in total. The largest absolute Gasteiger partial charge is 0.0799 e. The minimum atomic E-state index is -0.0683. The SMILES string of the molecule is CC(C)(C1=CCC(C(C)(C)c2cc3cccc4ccc5cccc2c5c43)C=C1)C1=CCC2C=Cc3cccc4ccc1c2c34. The molecule has 6 aromatic carbocycles. The number of benzene rings is 6. The highest BCUT2D eigenvalue weighted by atomic mass is 14.4. The first-order valence-electron chi connectivity index (χ1n) is 16.3. The Bertz CT molecular complexity index is 2280. The Morgan fingerprint density at radius 2 is 1.32 bits per heavy atom. The van der Waals surface area contributed by atoms with Gasteiger partial charge in [0.25, 0.3) is 0 Å². The first-order valence-corrected chi connectivity index (χ1v) is 16.3. The molecule has 0 saturated heterocycles. The van der Waals surface area contributed by atoms with Gasteiger partial charge in [-0.3, -0.25) is 0 Å². The van der Waals surface area contributed by atoms with E-state index < -0.39 is 0 Å². The van der Waals surface area contributed by atoms with Crippen LogP contribution in [0.5, 0.6) is 0 Å². The van der Waals surface area contributed by atoms with Crippen LogP contribution in [0, 0.1) is 11.3 Å². The van der Waals surface area contributed by atoms with Gasteiger partial charge in [-0.15, -0.1) is 0 Å². The maximum absolute atomic E-state index is 2.55. The van der Waals surface area contributed by atoms with Crippen molar-refractivity contribution >= 4 is 54.7 Å². The summed E-state index contributed by atoms with van der Waals surface area (Å²) in [5.41, 5.74) is 8.64. The van der Waals surface area contributed by atoms with Gasteiger partial charge < -0.3 is 0 Å². The van der Waals surface area contributed by atoms with Gasteiger partial charge in [0.2, 0.25) is 0 Å². The van der Waals surface area contributed by atoms with Gasteiger partial charge in [0.1, 0.15) is 0 Å². The van der Waals surface area contributed by atoms with E-state index in [1.54, 1.807) is 5.56 Å². The van der Waals surface area contributed by atoms with Crippen molar-refractivity contribution in [3.63, 3.8) is 0 Å². The zero-order chi connectivity index (χ0) is 29.8. The van der Waals surface area contributed by atoms with Crippen molar-refractivity contribution in [1.29, 1.82) is 0 Å². The second kappa shape index (κ2) is 9.05. The molecule has 3 aliphatic carbocycles. The maximum atomic E-state index is 2.55. The molecule has 0 saturated carbocycles. The van der Waals surface area contributed by atoms with Gasteiger partial charge in [-0.1, -0.05) is 143 Å². The van der Waals surface area contributed by atoms with Crippen LogP contribution in [0.1, 0.15) is 68.7 Å². The Morgan fingerprint density at radius 1 is 0.614 bits per heavy atom. The highest BCUT2D eigenvalue weighted by molar-refractivity contribution is 6.24. The molecule has 2 unspecified atom stereocenters. The third-order valence-electron chi connectivity index (χ3n) is 11.5. The third-order valence-corrected chi connectivity index (χ3v) is 11.5. The van der Waals surface area contributed by atoms with Crippen molar-refractivity contribution in [3.8, 4) is 0 Å². The number of hydrogen-bond acceptors (Lipinski definition) is 0. The van der Waals surface area contributed by atoms with Gasteiger partial charge in [-0.25, -0.2) is 0 Å². The molecule has 0 amide bonds. The van der Waals surface area contributed by atoms with Crippen LogP contribution < -0.4 is 0 Å². The summed E-state index contributed by atoms with van der Waals surface area (Å²) in [5.74, 6) is 0.903. The summed E-state index contributed by atoms with van der Waals surface area (Å²) in [4.78, 5) is 0. The Labute approximate surface area is 260 Å². The monoisotopic (exact) mass is 566 g/mol. The molecule has 0 aliphatic heterocycles. The minimum absolute atomic E-state index is 0.0186. The van der Waals surface area contributed by atoms with Crippen LogP contribution in [-0.4, -0.2) is 0 Å². The molecule has 0 bridgehead atoms. The lowest BCUT2D eigenvalue weighted by Crippen LogP contribution is -2.30. The Balaban J connectivity index is 1.09. The van der Waals surface area contributed by atoms with Crippen LogP contribution in [0.3, 0.4) is 0 Å². The predicted molar refractivity (Wildman–Crippen MR) is 191 cm³/mol. The normalized spacial score (nSPS) is 19.7. The molecule has 0 aromatic heterocycles. The molecule has 0 spiro atoms. The lowest BCUT2D eigenvalue weighted by atomic mass is 9.64. The molecule has 44 heavy (non-hydrogen) atoms. The minimum Gasteiger partial charge on any atom is -0.0799 e. The van der Waals surface area contributed by atoms with Crippen LogP contribution in [-0.2, 0) is 5.41 Å². The van der Waals surface area contributed by atoms with Crippen molar-refractivity contribution in [2.45, 2.75) is 51.9 Å². The number of allylic oxidation sites excluding steroid dienone is 7. The topological polar surface area (TPSA) is 0 Å². The standard InChI is InChI=1S/C44H38/c1-43(2,37-25-19-31-17-15-27-8-5-9-29-18-24-36(37)42(31)39(27)29)33-20-22-34(23-21-33)44(3,4)38-26-32-12-6-10-28-14-16-30-11-7-13-35(38)41(30)40(28)32/h5-18,20-22,24-26,31,34H,19,23H2,1-4H3. The average Bonchev–Trinajstić information content (AvgIpc) is 3.06. The summed E-state index contributed by atoms with van der Waals surface area (Å²) in [6.07, 6.45) is 17.0. The van der Waals surface area contributed by atoms with E-state index in [1.165, 1.54) is 70.9 Å². The fourth-order valence-electron chi connectivity index (χ4n) is 8.92. The third kappa shape index (κ3) is 3.52. The van der Waals surface area contributed by atoms with E-state index >= 15 is 0 Å². The Hall–Kier alpha value is -4.42. The molecule has 9 rings (SSSR count). The quantitative estimate of drug-likeness (QED) is 0.186. The van der Waals surface area contributed by atoms with Crippen molar-refractivity contribution in [2.24, 2.45) is 11.3 Å². The van der Waals surface area contributed by atoms with Crippen LogP contribution in [0.25, 0.3) is 54.7 Å². The maximum Gasteiger partial charge on any atom is 0.0146 e. The summed E-state index contributed by atoms with van der Waals surface area (Å²) in [7, 11) is 0. The van der Waals surface area contributed by atoms with Crippen LogP contribution in [0.2, 0.25) is 0 Å². The molecule has 214 valence electrons. The molecule has 3 aliphatic rings. The van der Waals surface area contributed by atoms with Gasteiger partial charge in [0.05, 0.1) is 0 Å². The fraction of sp³-hybridized carbons (Fsp3) is 0.227. The van der Waals surface area contributed by atoms with Crippen molar-refractivity contribution in [2.75, 3.05) is 0 Å². The molecule has 0 radical (unpaired) electrons. The second-order valence-corrected chi connectivity index (χ2v) is 14.5. The van der Waals surface area contributed by atoms with Gasteiger partial charge in [0, 0.05) is 11.3 Å². The second-order valence-electron chi connectivity index (χ2n) is 14.5. The van der Waals surface area contributed by atoms with E-state index in [1.807, 2.05) is 0 Å². The molecule has 0 fully saturated rings. The zero-order valence-corrected chi connectivity index (χ0v) is 26.1. The molecular formula is C44H38. The van der Waals surface area contributed by atoms with E-state index in [2.05, 4.69) is 149 Å². The highest BCUT2D eigenvalue weighted by Crippen LogP contribution is 2.53. The van der Waals surface area contributed by atoms with Gasteiger partial charge >= 0.3 is 0 Å². The summed E-state index contributed by atoms with van der Waals surface area (Å²) < 4.78 is 0. The lowest BCUT2D eigenvalue weighted by Gasteiger charge is -2.40. The molecule has 0 N–H and O–H groups in total. The first-order chi connectivity index (χ1) is 21.3. The van der Waals surface area contributed by atoms with E-state index in [4.69, 9.17) is 0 Å². The van der Waals surface area contributed by atoms with E-state index in [0.717, 1.165) is 12.8 Å². The van der Waals surface area contributed by atoms with E-state index in [-0.39, 0.29) is 10.8 Å². The number of hydrogen-bond donors (Lipinski definition) is 0. The summed E-state index contributed by atoms with van der Waals surface area (Å²) in [6, 6.07) is 32.1. The summed E-state index contributed by atoms with van der Waals surface area (Å²) >= 11 is 0. The van der Waals surface area contributed by atoms with Crippen LogP contribution in [0.4, 0.5) is 0 Å². The molecule has 6 aromatic rings. The molecular weight excluding hydrogens is 528 g/mol. The predicted octanol–water partition coefficient (Wildman–Crippen LogP) is 12.1. The van der Waals surface area contributed by atoms with Crippen molar-refractivity contribution in [3.05, 3.63) is 143 Å². The van der Waals surface area contributed by atoms with Crippen molar-refractivity contribution in [1.82, 2.24) is 0 Å². The Kier molecular flexibility index (Phi) is 5.35. The lowest BCUT2D eigenvalue weighted by molar-refractivity contribution is 0.382. The molecule has 0 heterocycles. The van der Waals surface area contributed by atoms with E-state index in [9.17, 15) is 0 Å². The summed E-state index contributed by atoms with van der Waals surface area (Å²) in [6.45, 7) is 9.79. The molecule has 0 heteroatoms. The van der Waals surface area contributed by atoms with Crippen molar-refractivity contribution < 1.29 is 0 Å². The number of rotatable bonds is 4. The smallest absolute Gasteiger partial charge is 0.0146 e. The average molecular weight is 567 g/mol. The van der Waals surface area contributed by atoms with Gasteiger partial charge in [-0.2, -0.15) is 0 Å². The van der Waals surface area contributed by atoms with E-state index in [0.29, 0.717) is 11.8 Å². The molecule has 2 atom stereocenters. The first kappa shape index (κ1) is 26.0. The Morgan fingerprint density at radius 3 is 2.11 bits per heavy atom. The van der Waals surface area contributed by atoms with Gasteiger partial charge in [0.15, 0.2) is 0 Å². The summed E-state index contributed by atoms with van der Waals surface area (Å²) in [5, 5.41) is 11.1. The fourth-order valence-corrected chi connectivity index (χ4v) is 8.92. The van der Waals surface area contributed by atoms with Gasteiger partial charge in [-0.05, 0) is 107 Å². The van der Waals surface area contributed by atoms with Crippen LogP contribution in [0.15, 0.2) is 121 Å².